The lowest BCUT2D eigenvalue weighted by Crippen LogP contribution is -2.05. The van der Waals surface area contributed by atoms with E-state index in [2.05, 4.69) is 9.97 Å². The van der Waals surface area contributed by atoms with Crippen molar-refractivity contribution in [2.75, 3.05) is 14.2 Å². The first-order chi connectivity index (χ1) is 9.17. The Bertz CT molecular complexity index is 591. The Hall–Kier alpha value is -2.63. The van der Waals surface area contributed by atoms with Crippen LogP contribution < -0.4 is 9.47 Å². The first kappa shape index (κ1) is 12.8. The lowest BCUT2D eigenvalue weighted by Gasteiger charge is -2.12. The van der Waals surface area contributed by atoms with Gasteiger partial charge in [-0.15, -0.1) is 0 Å². The molecule has 0 aliphatic heterocycles. The highest BCUT2D eigenvalue weighted by Crippen LogP contribution is 2.36. The molecule has 1 heterocycles. The van der Waals surface area contributed by atoms with Gasteiger partial charge in [-0.3, -0.25) is 0 Å². The molecule has 0 saturated carbocycles. The molecule has 0 aliphatic carbocycles. The van der Waals surface area contributed by atoms with E-state index in [4.69, 9.17) is 14.6 Å². The van der Waals surface area contributed by atoms with Gasteiger partial charge in [0, 0.05) is 6.20 Å². The maximum Gasteiger partial charge on any atom is 0.373 e. The molecular formula is C13H12N2O4. The van der Waals surface area contributed by atoms with Crippen LogP contribution in [0.4, 0.5) is 0 Å². The van der Waals surface area contributed by atoms with Crippen LogP contribution in [0.15, 0.2) is 30.5 Å². The normalized spacial score (nSPS) is 10.0. The summed E-state index contributed by atoms with van der Waals surface area (Å²) in [5.74, 6) is -0.357. The molecule has 0 amide bonds. The van der Waals surface area contributed by atoms with Gasteiger partial charge >= 0.3 is 5.97 Å². The van der Waals surface area contributed by atoms with E-state index in [1.54, 1.807) is 24.3 Å². The fourth-order valence-corrected chi connectivity index (χ4v) is 1.70. The molecule has 1 aromatic carbocycles. The molecule has 0 bridgehead atoms. The van der Waals surface area contributed by atoms with Gasteiger partial charge in [0.2, 0.25) is 5.82 Å². The number of aromatic nitrogens is 2. The molecule has 0 aliphatic rings. The zero-order valence-electron chi connectivity index (χ0n) is 10.5. The lowest BCUT2D eigenvalue weighted by molar-refractivity contribution is 0.0683. The van der Waals surface area contributed by atoms with Crippen LogP contribution in [-0.2, 0) is 0 Å². The molecule has 0 unspecified atom stereocenters. The van der Waals surface area contributed by atoms with E-state index in [0.717, 1.165) is 0 Å². The quantitative estimate of drug-likeness (QED) is 0.903. The van der Waals surface area contributed by atoms with E-state index in [0.29, 0.717) is 22.8 Å². The average Bonchev–Trinajstić information content (AvgIpc) is 2.46. The molecular weight excluding hydrogens is 248 g/mol. The Labute approximate surface area is 109 Å². The summed E-state index contributed by atoms with van der Waals surface area (Å²) < 4.78 is 10.5. The number of carbonyl (C=O) groups is 1. The van der Waals surface area contributed by atoms with Crippen molar-refractivity contribution >= 4 is 5.97 Å². The molecule has 0 fully saturated rings. The third-order valence-electron chi connectivity index (χ3n) is 2.53. The molecule has 1 N–H and O–H groups in total. The second kappa shape index (κ2) is 5.34. The van der Waals surface area contributed by atoms with Gasteiger partial charge in [0.15, 0.2) is 0 Å². The molecule has 6 heteroatoms. The van der Waals surface area contributed by atoms with Crippen LogP contribution in [0, 0.1) is 0 Å². The van der Waals surface area contributed by atoms with E-state index in [1.807, 2.05) is 0 Å². The number of carboxylic acids is 1. The van der Waals surface area contributed by atoms with Crippen molar-refractivity contribution in [1.29, 1.82) is 0 Å². The third kappa shape index (κ3) is 2.47. The fraction of sp³-hybridized carbons (Fsp3) is 0.154. The van der Waals surface area contributed by atoms with Crippen molar-refractivity contribution in [1.82, 2.24) is 9.97 Å². The number of rotatable bonds is 4. The number of hydrogen-bond acceptors (Lipinski definition) is 5. The minimum atomic E-state index is -1.18. The van der Waals surface area contributed by atoms with Crippen molar-refractivity contribution in [3.8, 4) is 22.8 Å². The second-order valence-electron chi connectivity index (χ2n) is 3.61. The lowest BCUT2D eigenvalue weighted by atomic mass is 10.1. The van der Waals surface area contributed by atoms with Crippen molar-refractivity contribution in [2.45, 2.75) is 0 Å². The largest absolute Gasteiger partial charge is 0.496 e. The highest BCUT2D eigenvalue weighted by Gasteiger charge is 2.16. The van der Waals surface area contributed by atoms with Crippen LogP contribution in [0.5, 0.6) is 11.5 Å². The zero-order valence-corrected chi connectivity index (χ0v) is 10.5. The molecule has 0 saturated heterocycles. The summed E-state index contributed by atoms with van der Waals surface area (Å²) in [6.45, 7) is 0. The topological polar surface area (TPSA) is 81.5 Å². The summed E-state index contributed by atoms with van der Waals surface area (Å²) in [5.41, 5.74) is 1.03. The molecule has 19 heavy (non-hydrogen) atoms. The number of methoxy groups -OCH3 is 2. The summed E-state index contributed by atoms with van der Waals surface area (Å²) in [6, 6.07) is 6.88. The van der Waals surface area contributed by atoms with Gasteiger partial charge in [0.1, 0.15) is 11.5 Å². The van der Waals surface area contributed by atoms with Crippen LogP contribution >= 0.6 is 0 Å². The van der Waals surface area contributed by atoms with Crippen molar-refractivity contribution in [3.63, 3.8) is 0 Å². The number of benzene rings is 1. The Morgan fingerprint density at radius 3 is 2.32 bits per heavy atom. The number of ether oxygens (including phenoxy) is 2. The number of nitrogens with zero attached hydrogens (tertiary/aromatic N) is 2. The van der Waals surface area contributed by atoms with Gasteiger partial charge in [-0.1, -0.05) is 6.07 Å². The molecule has 0 radical (unpaired) electrons. The van der Waals surface area contributed by atoms with E-state index in [-0.39, 0.29) is 5.82 Å². The van der Waals surface area contributed by atoms with Crippen LogP contribution in [0.2, 0.25) is 0 Å². The Balaban J connectivity index is 2.63. The minimum Gasteiger partial charge on any atom is -0.496 e. The average molecular weight is 260 g/mol. The van der Waals surface area contributed by atoms with Gasteiger partial charge in [-0.2, -0.15) is 0 Å². The summed E-state index contributed by atoms with van der Waals surface area (Å²) >= 11 is 0. The predicted octanol–water partition coefficient (Wildman–Crippen LogP) is 1.86. The Morgan fingerprint density at radius 2 is 1.79 bits per heavy atom. The number of aromatic carboxylic acids is 1. The maximum atomic E-state index is 10.9. The highest BCUT2D eigenvalue weighted by molar-refractivity contribution is 5.84. The van der Waals surface area contributed by atoms with E-state index in [9.17, 15) is 4.79 Å². The van der Waals surface area contributed by atoms with E-state index < -0.39 is 5.97 Å². The van der Waals surface area contributed by atoms with Gasteiger partial charge in [0.05, 0.1) is 25.5 Å². The first-order valence-corrected chi connectivity index (χ1v) is 5.45. The molecule has 0 atom stereocenters. The van der Waals surface area contributed by atoms with Gasteiger partial charge in [-0.25, -0.2) is 14.8 Å². The van der Waals surface area contributed by atoms with E-state index in [1.165, 1.54) is 20.4 Å². The van der Waals surface area contributed by atoms with Crippen LogP contribution in [0.3, 0.4) is 0 Å². The molecule has 2 aromatic rings. The number of carboxylic acid groups (broad SMARTS) is 1. The molecule has 1 aromatic heterocycles. The molecule has 6 nitrogen and oxygen atoms in total. The zero-order chi connectivity index (χ0) is 13.8. The Morgan fingerprint density at radius 1 is 1.16 bits per heavy atom. The van der Waals surface area contributed by atoms with Crippen molar-refractivity contribution in [2.24, 2.45) is 0 Å². The monoisotopic (exact) mass is 260 g/mol. The van der Waals surface area contributed by atoms with Crippen molar-refractivity contribution in [3.05, 3.63) is 36.3 Å². The minimum absolute atomic E-state index is 0.273. The number of hydrogen-bond donors (Lipinski definition) is 1. The molecule has 98 valence electrons. The highest BCUT2D eigenvalue weighted by atomic mass is 16.5. The van der Waals surface area contributed by atoms with Gasteiger partial charge in [-0.05, 0) is 18.2 Å². The van der Waals surface area contributed by atoms with Crippen LogP contribution in [0.1, 0.15) is 10.6 Å². The summed E-state index contributed by atoms with van der Waals surface area (Å²) in [6.07, 6.45) is 1.39. The first-order valence-electron chi connectivity index (χ1n) is 5.45. The fourth-order valence-electron chi connectivity index (χ4n) is 1.70. The smallest absolute Gasteiger partial charge is 0.373 e. The standard InChI is InChI=1S/C13H12N2O4/c1-18-9-4-3-5-10(19-2)11(9)8-6-7-14-12(15-8)13(16)17/h3-7H,1-2H3,(H,16,17). The Kier molecular flexibility index (Phi) is 3.61. The van der Waals surface area contributed by atoms with E-state index >= 15 is 0 Å². The SMILES string of the molecule is COc1cccc(OC)c1-c1ccnc(C(=O)O)n1. The summed E-state index contributed by atoms with van der Waals surface area (Å²) in [7, 11) is 3.05. The van der Waals surface area contributed by atoms with Crippen LogP contribution in [0.25, 0.3) is 11.3 Å². The summed E-state index contributed by atoms with van der Waals surface area (Å²) in [4.78, 5) is 18.6. The third-order valence-corrected chi connectivity index (χ3v) is 2.53. The maximum absolute atomic E-state index is 10.9. The van der Waals surface area contributed by atoms with Crippen LogP contribution in [-0.4, -0.2) is 35.3 Å². The molecule has 2 rings (SSSR count). The van der Waals surface area contributed by atoms with Gasteiger partial charge in [0.25, 0.3) is 0 Å². The predicted molar refractivity (Wildman–Crippen MR) is 67.5 cm³/mol. The second-order valence-corrected chi connectivity index (χ2v) is 3.61. The van der Waals surface area contributed by atoms with Crippen molar-refractivity contribution < 1.29 is 19.4 Å². The molecule has 0 spiro atoms. The van der Waals surface area contributed by atoms with Gasteiger partial charge < -0.3 is 14.6 Å². The summed E-state index contributed by atoms with van der Waals surface area (Å²) in [5, 5.41) is 8.92.